The summed E-state index contributed by atoms with van der Waals surface area (Å²) < 4.78 is 32.5. The van der Waals surface area contributed by atoms with E-state index in [9.17, 15) is 13.2 Å². The Balaban J connectivity index is 1.91. The average molecular weight is 340 g/mol. The van der Waals surface area contributed by atoms with Crippen molar-refractivity contribution in [3.05, 3.63) is 29.3 Å². The van der Waals surface area contributed by atoms with E-state index in [1.54, 1.807) is 24.0 Å². The quantitative estimate of drug-likeness (QED) is 0.874. The molecule has 0 bridgehead atoms. The number of hydrogen-bond acceptors (Lipinski definition) is 4. The monoisotopic (exact) mass is 340 g/mol. The first-order valence-corrected chi connectivity index (χ1v) is 9.24. The number of carbonyl (C=O) groups excluding carboxylic acids is 1. The molecule has 128 valence electrons. The lowest BCUT2D eigenvalue weighted by Gasteiger charge is -2.31. The van der Waals surface area contributed by atoms with Crippen LogP contribution in [0.15, 0.2) is 23.1 Å². The van der Waals surface area contributed by atoms with Gasteiger partial charge in [0.05, 0.1) is 17.6 Å². The standard InChI is InChI=1S/C16H24N2O4S/c1-12-4-5-15(13(2)10-12)23(20,21)17-7-6-16(19)18-8-9-22-14(3)11-18/h4-5,10,14,17H,6-9,11H2,1-3H3. The Labute approximate surface area is 137 Å². The van der Waals surface area contributed by atoms with Gasteiger partial charge in [0.15, 0.2) is 0 Å². The maximum Gasteiger partial charge on any atom is 0.240 e. The molecule has 1 amide bonds. The van der Waals surface area contributed by atoms with Crippen LogP contribution >= 0.6 is 0 Å². The summed E-state index contributed by atoms with van der Waals surface area (Å²) in [6, 6.07) is 5.19. The minimum absolute atomic E-state index is 0.0274. The summed E-state index contributed by atoms with van der Waals surface area (Å²) in [5.41, 5.74) is 1.71. The summed E-state index contributed by atoms with van der Waals surface area (Å²) in [4.78, 5) is 14.1. The number of nitrogens with one attached hydrogen (secondary N) is 1. The highest BCUT2D eigenvalue weighted by Crippen LogP contribution is 2.16. The molecule has 1 unspecified atom stereocenters. The summed E-state index contributed by atoms with van der Waals surface area (Å²) >= 11 is 0. The van der Waals surface area contributed by atoms with Gasteiger partial charge in [0.2, 0.25) is 15.9 Å². The molecule has 1 aliphatic rings. The summed E-state index contributed by atoms with van der Waals surface area (Å²) in [6.07, 6.45) is 0.177. The molecular formula is C16H24N2O4S. The minimum atomic E-state index is -3.59. The molecule has 1 aromatic rings. The highest BCUT2D eigenvalue weighted by atomic mass is 32.2. The van der Waals surface area contributed by atoms with E-state index in [2.05, 4.69) is 4.72 Å². The highest BCUT2D eigenvalue weighted by molar-refractivity contribution is 7.89. The topological polar surface area (TPSA) is 75.7 Å². The van der Waals surface area contributed by atoms with Gasteiger partial charge in [-0.25, -0.2) is 13.1 Å². The normalized spacial score (nSPS) is 18.9. The van der Waals surface area contributed by atoms with Crippen LogP contribution < -0.4 is 4.72 Å². The van der Waals surface area contributed by atoms with E-state index in [-0.39, 0.29) is 29.9 Å². The molecule has 2 rings (SSSR count). The van der Waals surface area contributed by atoms with Crippen LogP contribution in [-0.2, 0) is 19.6 Å². The smallest absolute Gasteiger partial charge is 0.240 e. The number of aryl methyl sites for hydroxylation is 2. The summed E-state index contributed by atoms with van der Waals surface area (Å²) in [5, 5.41) is 0. The van der Waals surface area contributed by atoms with Crippen molar-refractivity contribution in [1.82, 2.24) is 9.62 Å². The fourth-order valence-corrected chi connectivity index (χ4v) is 3.93. The van der Waals surface area contributed by atoms with E-state index in [1.807, 2.05) is 19.9 Å². The first-order valence-electron chi connectivity index (χ1n) is 7.76. The fourth-order valence-electron chi connectivity index (χ4n) is 2.67. The van der Waals surface area contributed by atoms with Gasteiger partial charge in [-0.2, -0.15) is 0 Å². The largest absolute Gasteiger partial charge is 0.375 e. The van der Waals surface area contributed by atoms with Crippen LogP contribution in [-0.4, -0.2) is 51.6 Å². The molecule has 1 atom stereocenters. The van der Waals surface area contributed by atoms with Gasteiger partial charge in [-0.15, -0.1) is 0 Å². The average Bonchev–Trinajstić information content (AvgIpc) is 2.46. The first-order chi connectivity index (χ1) is 10.8. The maximum absolute atomic E-state index is 12.3. The second kappa shape index (κ2) is 7.42. The maximum atomic E-state index is 12.3. The molecule has 6 nitrogen and oxygen atoms in total. The van der Waals surface area contributed by atoms with E-state index < -0.39 is 10.0 Å². The van der Waals surface area contributed by atoms with Crippen molar-refractivity contribution >= 4 is 15.9 Å². The third-order valence-electron chi connectivity index (χ3n) is 3.84. The summed E-state index contributed by atoms with van der Waals surface area (Å²) in [6.45, 7) is 7.35. The van der Waals surface area contributed by atoms with Crippen LogP contribution in [0, 0.1) is 13.8 Å². The lowest BCUT2D eigenvalue weighted by Crippen LogP contribution is -2.45. The van der Waals surface area contributed by atoms with E-state index in [1.165, 1.54) is 0 Å². The van der Waals surface area contributed by atoms with Crippen LogP contribution in [0.1, 0.15) is 24.5 Å². The van der Waals surface area contributed by atoms with Gasteiger partial charge in [0.1, 0.15) is 0 Å². The van der Waals surface area contributed by atoms with Crippen LogP contribution in [0.25, 0.3) is 0 Å². The molecule has 0 spiro atoms. The molecule has 1 fully saturated rings. The molecule has 1 aliphatic heterocycles. The van der Waals surface area contributed by atoms with E-state index in [0.29, 0.717) is 25.3 Å². The number of sulfonamides is 1. The minimum Gasteiger partial charge on any atom is -0.375 e. The first kappa shape index (κ1) is 17.9. The van der Waals surface area contributed by atoms with Gasteiger partial charge < -0.3 is 9.64 Å². The van der Waals surface area contributed by atoms with Crippen molar-refractivity contribution < 1.29 is 17.9 Å². The Hall–Kier alpha value is -1.44. The van der Waals surface area contributed by atoms with Crippen LogP contribution in [0.3, 0.4) is 0 Å². The molecule has 0 saturated carbocycles. The molecular weight excluding hydrogens is 316 g/mol. The van der Waals surface area contributed by atoms with E-state index in [0.717, 1.165) is 5.56 Å². The Kier molecular flexibility index (Phi) is 5.78. The van der Waals surface area contributed by atoms with Crippen LogP contribution in [0.2, 0.25) is 0 Å². The van der Waals surface area contributed by atoms with Crippen LogP contribution in [0.5, 0.6) is 0 Å². The summed E-state index contributed by atoms with van der Waals surface area (Å²) in [5.74, 6) is -0.0523. The van der Waals surface area contributed by atoms with Gasteiger partial charge >= 0.3 is 0 Å². The van der Waals surface area contributed by atoms with Gasteiger partial charge in [-0.3, -0.25) is 4.79 Å². The molecule has 7 heteroatoms. The van der Waals surface area contributed by atoms with E-state index >= 15 is 0 Å². The molecule has 1 saturated heterocycles. The zero-order chi connectivity index (χ0) is 17.0. The van der Waals surface area contributed by atoms with Crippen molar-refractivity contribution in [2.45, 2.75) is 38.2 Å². The molecule has 1 aromatic carbocycles. The van der Waals surface area contributed by atoms with E-state index in [4.69, 9.17) is 4.74 Å². The molecule has 23 heavy (non-hydrogen) atoms. The lowest BCUT2D eigenvalue weighted by atomic mass is 10.2. The van der Waals surface area contributed by atoms with Crippen molar-refractivity contribution in [2.75, 3.05) is 26.2 Å². The van der Waals surface area contributed by atoms with Crippen molar-refractivity contribution in [2.24, 2.45) is 0 Å². The molecule has 0 radical (unpaired) electrons. The lowest BCUT2D eigenvalue weighted by molar-refractivity contribution is -0.137. The number of rotatable bonds is 5. The van der Waals surface area contributed by atoms with Crippen molar-refractivity contribution in [1.29, 1.82) is 0 Å². The molecule has 0 aromatic heterocycles. The van der Waals surface area contributed by atoms with Gasteiger partial charge in [0.25, 0.3) is 0 Å². The number of hydrogen-bond donors (Lipinski definition) is 1. The molecule has 1 heterocycles. The Morgan fingerprint density at radius 2 is 2.13 bits per heavy atom. The number of ether oxygens (including phenoxy) is 1. The third kappa shape index (κ3) is 4.76. The van der Waals surface area contributed by atoms with Crippen molar-refractivity contribution in [3.8, 4) is 0 Å². The zero-order valence-corrected chi connectivity index (χ0v) is 14.6. The highest BCUT2D eigenvalue weighted by Gasteiger charge is 2.22. The Morgan fingerprint density at radius 1 is 1.39 bits per heavy atom. The number of amides is 1. The van der Waals surface area contributed by atoms with Gasteiger partial charge in [0, 0.05) is 26.1 Å². The number of carbonyl (C=O) groups is 1. The number of benzene rings is 1. The van der Waals surface area contributed by atoms with Crippen molar-refractivity contribution in [3.63, 3.8) is 0 Å². The summed E-state index contributed by atoms with van der Waals surface area (Å²) in [7, 11) is -3.59. The Bertz CT molecular complexity index is 673. The fraction of sp³-hybridized carbons (Fsp3) is 0.562. The number of morpholine rings is 1. The second-order valence-electron chi connectivity index (χ2n) is 5.94. The second-order valence-corrected chi connectivity index (χ2v) is 7.67. The SMILES string of the molecule is Cc1ccc(S(=O)(=O)NCCC(=O)N2CCOC(C)C2)c(C)c1. The molecule has 0 aliphatic carbocycles. The number of nitrogens with zero attached hydrogens (tertiary/aromatic N) is 1. The van der Waals surface area contributed by atoms with Gasteiger partial charge in [-0.05, 0) is 32.4 Å². The van der Waals surface area contributed by atoms with Crippen LogP contribution in [0.4, 0.5) is 0 Å². The zero-order valence-electron chi connectivity index (χ0n) is 13.8. The molecule has 1 N–H and O–H groups in total. The Morgan fingerprint density at radius 3 is 2.78 bits per heavy atom. The predicted octanol–water partition coefficient (Wildman–Crippen LogP) is 1.22. The van der Waals surface area contributed by atoms with Gasteiger partial charge in [-0.1, -0.05) is 17.7 Å². The predicted molar refractivity (Wildman–Crippen MR) is 87.7 cm³/mol. The third-order valence-corrected chi connectivity index (χ3v) is 5.47.